The second-order valence-electron chi connectivity index (χ2n) is 5.42. The fraction of sp³-hybridized carbons (Fsp3) is 0.562. The Morgan fingerprint density at radius 1 is 1.26 bits per heavy atom. The Morgan fingerprint density at radius 3 is 2.53 bits per heavy atom. The molecule has 0 radical (unpaired) electrons. The van der Waals surface area contributed by atoms with Crippen molar-refractivity contribution in [1.82, 2.24) is 10.2 Å². The van der Waals surface area contributed by atoms with Crippen LogP contribution < -0.4 is 5.32 Å². The number of aryl methyl sites for hydroxylation is 1. The first-order valence-corrected chi connectivity index (χ1v) is 7.22. The molecule has 2 rings (SSSR count). The third-order valence-corrected chi connectivity index (χ3v) is 4.14. The Labute approximate surface area is 116 Å². The van der Waals surface area contributed by atoms with Crippen molar-refractivity contribution in [3.05, 3.63) is 35.4 Å². The van der Waals surface area contributed by atoms with Crippen molar-refractivity contribution in [3.8, 4) is 0 Å². The number of carbonyl (C=O) groups is 1. The summed E-state index contributed by atoms with van der Waals surface area (Å²) in [6.07, 6.45) is 1.56. The molecule has 1 heterocycles. The van der Waals surface area contributed by atoms with E-state index in [-0.39, 0.29) is 11.9 Å². The molecule has 1 aromatic rings. The number of rotatable bonds is 3. The van der Waals surface area contributed by atoms with E-state index in [0.29, 0.717) is 12.5 Å². The lowest BCUT2D eigenvalue weighted by molar-refractivity contribution is -0.134. The number of nitrogens with one attached hydrogen (secondary N) is 1. The van der Waals surface area contributed by atoms with Gasteiger partial charge in [-0.3, -0.25) is 4.79 Å². The van der Waals surface area contributed by atoms with Gasteiger partial charge in [-0.15, -0.1) is 0 Å². The summed E-state index contributed by atoms with van der Waals surface area (Å²) in [5.41, 5.74) is 2.43. The largest absolute Gasteiger partial charge is 0.337 e. The number of carbonyl (C=O) groups excluding carboxylic acids is 1. The fourth-order valence-corrected chi connectivity index (χ4v) is 2.58. The van der Waals surface area contributed by atoms with Crippen molar-refractivity contribution in [1.29, 1.82) is 0 Å². The molecule has 1 amide bonds. The Kier molecular flexibility index (Phi) is 4.59. The molecule has 1 aliphatic heterocycles. The van der Waals surface area contributed by atoms with E-state index < -0.39 is 0 Å². The first kappa shape index (κ1) is 14.1. The van der Waals surface area contributed by atoms with Gasteiger partial charge >= 0.3 is 0 Å². The molecule has 0 aliphatic carbocycles. The zero-order valence-electron chi connectivity index (χ0n) is 12.1. The summed E-state index contributed by atoms with van der Waals surface area (Å²) in [5.74, 6) is 0.241. The van der Waals surface area contributed by atoms with Crippen molar-refractivity contribution in [2.45, 2.75) is 45.7 Å². The molecule has 1 saturated heterocycles. The van der Waals surface area contributed by atoms with Gasteiger partial charge in [0, 0.05) is 25.2 Å². The van der Waals surface area contributed by atoms with Crippen LogP contribution in [0, 0.1) is 0 Å². The highest BCUT2D eigenvalue weighted by atomic mass is 16.2. The normalized spacial score (nSPS) is 23.4. The number of hydrogen-bond donors (Lipinski definition) is 1. The van der Waals surface area contributed by atoms with Gasteiger partial charge in [0.05, 0.1) is 6.42 Å². The number of hydrogen-bond acceptors (Lipinski definition) is 2. The second-order valence-corrected chi connectivity index (χ2v) is 5.42. The van der Waals surface area contributed by atoms with Gasteiger partial charge in [-0.05, 0) is 31.4 Å². The summed E-state index contributed by atoms with van der Waals surface area (Å²) in [6.45, 7) is 8.11. The van der Waals surface area contributed by atoms with Crippen LogP contribution in [0.1, 0.15) is 31.9 Å². The summed E-state index contributed by atoms with van der Waals surface area (Å²) >= 11 is 0. The topological polar surface area (TPSA) is 32.3 Å². The van der Waals surface area contributed by atoms with E-state index in [1.54, 1.807) is 0 Å². The highest BCUT2D eigenvalue weighted by molar-refractivity contribution is 5.79. The van der Waals surface area contributed by atoms with Crippen molar-refractivity contribution in [3.63, 3.8) is 0 Å². The standard InChI is InChI=1S/C16H24N2O/c1-4-14-5-7-15(8-6-14)11-16(19)18-10-9-17-12(2)13(18)3/h5-8,12-13,17H,4,9-11H2,1-3H3. The zero-order valence-corrected chi connectivity index (χ0v) is 12.1. The predicted molar refractivity (Wildman–Crippen MR) is 78.2 cm³/mol. The molecular formula is C16H24N2O. The number of amides is 1. The van der Waals surface area contributed by atoms with Gasteiger partial charge in [0.15, 0.2) is 0 Å². The Hall–Kier alpha value is -1.35. The van der Waals surface area contributed by atoms with E-state index in [1.807, 2.05) is 4.90 Å². The molecule has 3 nitrogen and oxygen atoms in total. The smallest absolute Gasteiger partial charge is 0.227 e. The van der Waals surface area contributed by atoms with E-state index >= 15 is 0 Å². The summed E-state index contributed by atoms with van der Waals surface area (Å²) in [4.78, 5) is 14.4. The molecule has 104 valence electrons. The van der Waals surface area contributed by atoms with Crippen LogP contribution >= 0.6 is 0 Å². The molecule has 0 aromatic heterocycles. The maximum atomic E-state index is 12.4. The number of benzene rings is 1. The van der Waals surface area contributed by atoms with Crippen molar-refractivity contribution >= 4 is 5.91 Å². The summed E-state index contributed by atoms with van der Waals surface area (Å²) in [6, 6.07) is 9.04. The first-order valence-electron chi connectivity index (χ1n) is 7.22. The first-order chi connectivity index (χ1) is 9.11. The Morgan fingerprint density at radius 2 is 1.89 bits per heavy atom. The van der Waals surface area contributed by atoms with Gasteiger partial charge in [0.25, 0.3) is 0 Å². The SMILES string of the molecule is CCc1ccc(CC(=O)N2CCNC(C)C2C)cc1. The molecule has 1 aliphatic rings. The monoisotopic (exact) mass is 260 g/mol. The molecule has 0 saturated carbocycles. The fourth-order valence-electron chi connectivity index (χ4n) is 2.58. The Balaban J connectivity index is 1.99. The molecule has 1 N–H and O–H groups in total. The minimum atomic E-state index is 0.241. The number of nitrogens with zero attached hydrogens (tertiary/aromatic N) is 1. The maximum Gasteiger partial charge on any atom is 0.227 e. The van der Waals surface area contributed by atoms with E-state index in [9.17, 15) is 4.79 Å². The summed E-state index contributed by atoms with van der Waals surface area (Å²) in [5, 5.41) is 3.40. The lowest BCUT2D eigenvalue weighted by Gasteiger charge is -2.38. The van der Waals surface area contributed by atoms with Gasteiger partial charge < -0.3 is 10.2 Å². The van der Waals surface area contributed by atoms with E-state index in [0.717, 1.165) is 25.1 Å². The lowest BCUT2D eigenvalue weighted by atomic mass is 10.0. The lowest BCUT2D eigenvalue weighted by Crippen LogP contribution is -2.57. The third-order valence-electron chi connectivity index (χ3n) is 4.14. The summed E-state index contributed by atoms with van der Waals surface area (Å²) in [7, 11) is 0. The maximum absolute atomic E-state index is 12.4. The van der Waals surface area contributed by atoms with E-state index in [2.05, 4.69) is 50.4 Å². The number of piperazine rings is 1. The van der Waals surface area contributed by atoms with E-state index in [1.165, 1.54) is 5.56 Å². The van der Waals surface area contributed by atoms with Gasteiger partial charge in [0.1, 0.15) is 0 Å². The van der Waals surface area contributed by atoms with Crippen LogP contribution in [0.15, 0.2) is 24.3 Å². The molecule has 1 fully saturated rings. The van der Waals surface area contributed by atoms with Crippen LogP contribution in [-0.2, 0) is 17.6 Å². The summed E-state index contributed by atoms with van der Waals surface area (Å²) < 4.78 is 0. The third kappa shape index (κ3) is 3.35. The van der Waals surface area contributed by atoms with Crippen molar-refractivity contribution in [2.24, 2.45) is 0 Å². The molecule has 19 heavy (non-hydrogen) atoms. The minimum Gasteiger partial charge on any atom is -0.337 e. The Bertz CT molecular complexity index is 427. The van der Waals surface area contributed by atoms with E-state index in [4.69, 9.17) is 0 Å². The second kappa shape index (κ2) is 6.20. The predicted octanol–water partition coefficient (Wildman–Crippen LogP) is 2.00. The average molecular weight is 260 g/mol. The quantitative estimate of drug-likeness (QED) is 0.901. The molecule has 3 heteroatoms. The van der Waals surface area contributed by atoms with Gasteiger partial charge in [-0.1, -0.05) is 31.2 Å². The van der Waals surface area contributed by atoms with Crippen molar-refractivity contribution < 1.29 is 4.79 Å². The van der Waals surface area contributed by atoms with Crippen molar-refractivity contribution in [2.75, 3.05) is 13.1 Å². The molecule has 0 spiro atoms. The van der Waals surface area contributed by atoms with Crippen LogP contribution in [0.3, 0.4) is 0 Å². The molecule has 0 bridgehead atoms. The molecular weight excluding hydrogens is 236 g/mol. The highest BCUT2D eigenvalue weighted by Gasteiger charge is 2.27. The average Bonchev–Trinajstić information content (AvgIpc) is 2.42. The van der Waals surface area contributed by atoms with Gasteiger partial charge in [-0.25, -0.2) is 0 Å². The van der Waals surface area contributed by atoms with Crippen LogP contribution in [-0.4, -0.2) is 36.0 Å². The molecule has 2 atom stereocenters. The van der Waals surface area contributed by atoms with Gasteiger partial charge in [0.2, 0.25) is 5.91 Å². The molecule has 1 aromatic carbocycles. The van der Waals surface area contributed by atoms with Crippen LogP contribution in [0.2, 0.25) is 0 Å². The van der Waals surface area contributed by atoms with Crippen LogP contribution in [0.4, 0.5) is 0 Å². The van der Waals surface area contributed by atoms with Crippen LogP contribution in [0.5, 0.6) is 0 Å². The van der Waals surface area contributed by atoms with Crippen LogP contribution in [0.25, 0.3) is 0 Å². The van der Waals surface area contributed by atoms with Gasteiger partial charge in [-0.2, -0.15) is 0 Å². The highest BCUT2D eigenvalue weighted by Crippen LogP contribution is 2.12. The zero-order chi connectivity index (χ0) is 13.8. The minimum absolute atomic E-state index is 0.241. The molecule has 2 unspecified atom stereocenters.